The fourth-order valence-electron chi connectivity index (χ4n) is 1.42. The van der Waals surface area contributed by atoms with Gasteiger partial charge in [-0.2, -0.15) is 0 Å². The summed E-state index contributed by atoms with van der Waals surface area (Å²) in [5.41, 5.74) is 6.74. The lowest BCUT2D eigenvalue weighted by atomic mass is 10.1. The maximum absolute atomic E-state index is 13.0. The smallest absolute Gasteiger partial charge is 0.227 e. The largest absolute Gasteiger partial charge is 0.326 e. The lowest BCUT2D eigenvalue weighted by Gasteiger charge is -2.09. The van der Waals surface area contributed by atoms with Crippen LogP contribution in [0.3, 0.4) is 0 Å². The molecule has 15 heavy (non-hydrogen) atoms. The van der Waals surface area contributed by atoms with Crippen LogP contribution in [-0.4, -0.2) is 5.91 Å². The Morgan fingerprint density at radius 3 is 2.87 bits per heavy atom. The molecule has 0 spiro atoms. The Morgan fingerprint density at radius 1 is 1.53 bits per heavy atom. The molecule has 1 aliphatic rings. The number of amides is 1. The van der Waals surface area contributed by atoms with Gasteiger partial charge in [-0.15, -0.1) is 0 Å². The number of halogens is 1. The normalized spacial score (nSPS) is 15.1. The Kier molecular flexibility index (Phi) is 2.68. The van der Waals surface area contributed by atoms with E-state index in [1.54, 1.807) is 6.07 Å². The Labute approximate surface area is 87.5 Å². The third-order valence-corrected chi connectivity index (χ3v) is 2.50. The third kappa shape index (κ3) is 2.33. The molecule has 2 rings (SSSR count). The van der Waals surface area contributed by atoms with Gasteiger partial charge >= 0.3 is 0 Å². The summed E-state index contributed by atoms with van der Waals surface area (Å²) in [5, 5.41) is 2.71. The number of carbonyl (C=O) groups is 1. The summed E-state index contributed by atoms with van der Waals surface area (Å²) in [6, 6.07) is 4.25. The number of benzene rings is 1. The van der Waals surface area contributed by atoms with Crippen molar-refractivity contribution in [2.75, 3.05) is 5.32 Å². The molecule has 1 aromatic carbocycles. The zero-order valence-corrected chi connectivity index (χ0v) is 8.29. The summed E-state index contributed by atoms with van der Waals surface area (Å²) in [5.74, 6) is -0.285. The van der Waals surface area contributed by atoms with Crippen molar-refractivity contribution in [1.82, 2.24) is 0 Å². The molecule has 0 atom stereocenters. The Balaban J connectivity index is 2.17. The van der Waals surface area contributed by atoms with Gasteiger partial charge in [-0.05, 0) is 30.5 Å². The molecule has 1 fully saturated rings. The summed E-state index contributed by atoms with van der Waals surface area (Å²) < 4.78 is 13.0. The summed E-state index contributed by atoms with van der Waals surface area (Å²) in [4.78, 5) is 11.5. The van der Waals surface area contributed by atoms with Gasteiger partial charge in [0.2, 0.25) is 5.91 Å². The van der Waals surface area contributed by atoms with Gasteiger partial charge in [0.05, 0.1) is 0 Å². The first-order valence-corrected chi connectivity index (χ1v) is 5.00. The molecular formula is C11H13FN2O. The van der Waals surface area contributed by atoms with E-state index >= 15 is 0 Å². The molecule has 3 nitrogen and oxygen atoms in total. The van der Waals surface area contributed by atoms with Crippen LogP contribution in [0.4, 0.5) is 10.1 Å². The number of hydrogen-bond acceptors (Lipinski definition) is 2. The molecule has 3 N–H and O–H groups in total. The van der Waals surface area contributed by atoms with Crippen molar-refractivity contribution in [3.8, 4) is 0 Å². The van der Waals surface area contributed by atoms with Crippen molar-refractivity contribution in [2.24, 2.45) is 11.7 Å². The Hall–Kier alpha value is -1.42. The molecule has 0 saturated heterocycles. The van der Waals surface area contributed by atoms with Crippen molar-refractivity contribution < 1.29 is 9.18 Å². The number of nitrogens with two attached hydrogens (primary N) is 1. The van der Waals surface area contributed by atoms with Gasteiger partial charge in [0.25, 0.3) is 0 Å². The predicted octanol–water partition coefficient (Wildman–Crippen LogP) is 1.63. The maximum atomic E-state index is 13.0. The highest BCUT2D eigenvalue weighted by atomic mass is 19.1. The molecule has 4 heteroatoms. The molecule has 1 saturated carbocycles. The van der Waals surface area contributed by atoms with E-state index in [4.69, 9.17) is 5.73 Å². The highest BCUT2D eigenvalue weighted by Crippen LogP contribution is 2.30. The lowest BCUT2D eigenvalue weighted by molar-refractivity contribution is -0.117. The highest BCUT2D eigenvalue weighted by molar-refractivity contribution is 5.94. The van der Waals surface area contributed by atoms with Crippen LogP contribution in [0.15, 0.2) is 18.2 Å². The van der Waals surface area contributed by atoms with E-state index in [0.29, 0.717) is 12.2 Å². The van der Waals surface area contributed by atoms with Gasteiger partial charge < -0.3 is 11.1 Å². The molecule has 0 bridgehead atoms. The quantitative estimate of drug-likeness (QED) is 0.793. The van der Waals surface area contributed by atoms with E-state index < -0.39 is 0 Å². The first-order chi connectivity index (χ1) is 7.20. The van der Waals surface area contributed by atoms with Crippen LogP contribution >= 0.6 is 0 Å². The summed E-state index contributed by atoms with van der Waals surface area (Å²) in [6.45, 7) is 0.292. The van der Waals surface area contributed by atoms with Crippen LogP contribution < -0.4 is 11.1 Å². The van der Waals surface area contributed by atoms with Gasteiger partial charge in [0, 0.05) is 18.2 Å². The Morgan fingerprint density at radius 2 is 2.27 bits per heavy atom. The average molecular weight is 208 g/mol. The van der Waals surface area contributed by atoms with Crippen molar-refractivity contribution in [2.45, 2.75) is 19.4 Å². The predicted molar refractivity (Wildman–Crippen MR) is 55.6 cm³/mol. The summed E-state index contributed by atoms with van der Waals surface area (Å²) in [6.07, 6.45) is 1.86. The lowest BCUT2D eigenvalue weighted by Crippen LogP contribution is -2.15. The fraction of sp³-hybridized carbons (Fsp3) is 0.364. The van der Waals surface area contributed by atoms with Crippen LogP contribution in [0.5, 0.6) is 0 Å². The van der Waals surface area contributed by atoms with Crippen LogP contribution in [-0.2, 0) is 11.3 Å². The topological polar surface area (TPSA) is 55.1 Å². The first kappa shape index (κ1) is 10.1. The molecule has 1 aromatic rings. The number of anilines is 1. The summed E-state index contributed by atoms with van der Waals surface area (Å²) >= 11 is 0. The molecule has 0 aromatic heterocycles. The second-order valence-electron chi connectivity index (χ2n) is 3.77. The highest BCUT2D eigenvalue weighted by Gasteiger charge is 2.29. The minimum absolute atomic E-state index is 0.0321. The van der Waals surface area contributed by atoms with E-state index in [9.17, 15) is 9.18 Å². The molecule has 1 amide bonds. The van der Waals surface area contributed by atoms with Crippen molar-refractivity contribution in [3.05, 3.63) is 29.6 Å². The molecule has 0 aliphatic heterocycles. The van der Waals surface area contributed by atoms with E-state index in [2.05, 4.69) is 5.32 Å². The Bertz CT molecular complexity index is 388. The van der Waals surface area contributed by atoms with Gasteiger partial charge in [0.1, 0.15) is 5.82 Å². The molecule has 80 valence electrons. The minimum atomic E-state index is -0.363. The maximum Gasteiger partial charge on any atom is 0.227 e. The number of nitrogens with one attached hydrogen (secondary N) is 1. The van der Waals surface area contributed by atoms with Crippen molar-refractivity contribution in [3.63, 3.8) is 0 Å². The molecule has 1 aliphatic carbocycles. The monoisotopic (exact) mass is 208 g/mol. The number of rotatable bonds is 3. The standard InChI is InChI=1S/C11H13FN2O/c12-9-4-3-8(6-13)10(5-9)14-11(15)7-1-2-7/h3-5,7H,1-2,6,13H2,(H,14,15). The van der Waals surface area contributed by atoms with Gasteiger partial charge in [-0.25, -0.2) is 4.39 Å². The van der Waals surface area contributed by atoms with Crippen LogP contribution in [0, 0.1) is 11.7 Å². The van der Waals surface area contributed by atoms with Crippen molar-refractivity contribution in [1.29, 1.82) is 0 Å². The second kappa shape index (κ2) is 3.98. The first-order valence-electron chi connectivity index (χ1n) is 5.00. The zero-order chi connectivity index (χ0) is 10.8. The number of hydrogen-bond donors (Lipinski definition) is 2. The number of carbonyl (C=O) groups excluding carboxylic acids is 1. The fourth-order valence-corrected chi connectivity index (χ4v) is 1.42. The molecule has 0 radical (unpaired) electrons. The van der Waals surface area contributed by atoms with E-state index in [1.807, 2.05) is 0 Å². The van der Waals surface area contributed by atoms with Crippen LogP contribution in [0.1, 0.15) is 18.4 Å². The minimum Gasteiger partial charge on any atom is -0.326 e. The van der Waals surface area contributed by atoms with Crippen molar-refractivity contribution >= 4 is 11.6 Å². The molecule has 0 unspecified atom stereocenters. The van der Waals surface area contributed by atoms with E-state index in [0.717, 1.165) is 18.4 Å². The molecule has 0 heterocycles. The van der Waals surface area contributed by atoms with Gasteiger partial charge in [-0.3, -0.25) is 4.79 Å². The second-order valence-corrected chi connectivity index (χ2v) is 3.77. The van der Waals surface area contributed by atoms with Crippen LogP contribution in [0.2, 0.25) is 0 Å². The SMILES string of the molecule is NCc1ccc(F)cc1NC(=O)C1CC1. The molecular weight excluding hydrogens is 195 g/mol. The third-order valence-electron chi connectivity index (χ3n) is 2.50. The van der Waals surface area contributed by atoms with E-state index in [1.165, 1.54) is 12.1 Å². The van der Waals surface area contributed by atoms with Gasteiger partial charge in [0.15, 0.2) is 0 Å². The summed E-state index contributed by atoms with van der Waals surface area (Å²) in [7, 11) is 0. The van der Waals surface area contributed by atoms with E-state index in [-0.39, 0.29) is 17.6 Å². The zero-order valence-electron chi connectivity index (χ0n) is 8.29. The average Bonchev–Trinajstić information content (AvgIpc) is 3.01. The van der Waals surface area contributed by atoms with Gasteiger partial charge in [-0.1, -0.05) is 6.07 Å². The van der Waals surface area contributed by atoms with Crippen LogP contribution in [0.25, 0.3) is 0 Å².